The van der Waals surface area contributed by atoms with E-state index in [-0.39, 0.29) is 6.09 Å². The molecule has 0 aliphatic carbocycles. The highest BCUT2D eigenvalue weighted by Gasteiger charge is 2.16. The predicted molar refractivity (Wildman–Crippen MR) is 66.0 cm³/mol. The lowest BCUT2D eigenvalue weighted by Crippen LogP contribution is -2.26. The van der Waals surface area contributed by atoms with Crippen molar-refractivity contribution in [2.24, 2.45) is 0 Å². The number of carbonyl (C=O) groups is 1. The Morgan fingerprint density at radius 1 is 1.33 bits per heavy atom. The second kappa shape index (κ2) is 5.16. The van der Waals surface area contributed by atoms with E-state index >= 15 is 0 Å². The van der Waals surface area contributed by atoms with Crippen molar-refractivity contribution < 1.29 is 19.0 Å². The lowest BCUT2D eigenvalue weighted by atomic mass is 10.1. The normalized spacial score (nSPS) is 13.1. The maximum Gasteiger partial charge on any atom is 0.409 e. The van der Waals surface area contributed by atoms with Gasteiger partial charge < -0.3 is 19.1 Å². The van der Waals surface area contributed by atoms with E-state index in [9.17, 15) is 4.79 Å². The summed E-state index contributed by atoms with van der Waals surface area (Å²) in [5, 5.41) is 0. The lowest BCUT2D eigenvalue weighted by Gasteiger charge is -2.22. The van der Waals surface area contributed by atoms with Gasteiger partial charge in [0, 0.05) is 13.6 Å². The molecule has 5 nitrogen and oxygen atoms in total. The van der Waals surface area contributed by atoms with Crippen molar-refractivity contribution in [1.29, 1.82) is 0 Å². The van der Waals surface area contributed by atoms with Gasteiger partial charge in [0.1, 0.15) is 13.2 Å². The molecule has 0 saturated heterocycles. The molecule has 0 spiro atoms. The summed E-state index contributed by atoms with van der Waals surface area (Å²) in [4.78, 5) is 12.9. The smallest absolute Gasteiger partial charge is 0.409 e. The first-order valence-electron chi connectivity index (χ1n) is 5.80. The number of hydrogen-bond donors (Lipinski definition) is 0. The fourth-order valence-electron chi connectivity index (χ4n) is 1.88. The Bertz CT molecular complexity index is 459. The van der Waals surface area contributed by atoms with Crippen LogP contribution in [-0.4, -0.2) is 38.4 Å². The first kappa shape index (κ1) is 12.5. The molecule has 5 heteroatoms. The van der Waals surface area contributed by atoms with E-state index in [1.807, 2.05) is 19.1 Å². The number of methoxy groups -OCH3 is 1. The number of hydrogen-bond acceptors (Lipinski definition) is 4. The summed E-state index contributed by atoms with van der Waals surface area (Å²) < 4.78 is 15.7. The molecular formula is C13H17NO4. The van der Waals surface area contributed by atoms with Gasteiger partial charge in [0.25, 0.3) is 0 Å². The van der Waals surface area contributed by atoms with Crippen molar-refractivity contribution >= 4 is 6.09 Å². The molecule has 0 aromatic heterocycles. The topological polar surface area (TPSA) is 48.0 Å². The number of amides is 1. The van der Waals surface area contributed by atoms with E-state index in [1.54, 1.807) is 7.05 Å². The van der Waals surface area contributed by atoms with E-state index < -0.39 is 0 Å². The molecule has 1 aromatic rings. The fraction of sp³-hybridized carbons (Fsp3) is 0.462. The van der Waals surface area contributed by atoms with Crippen LogP contribution in [0.15, 0.2) is 12.1 Å². The Kier molecular flexibility index (Phi) is 3.60. The van der Waals surface area contributed by atoms with Gasteiger partial charge in [-0.15, -0.1) is 0 Å². The quantitative estimate of drug-likeness (QED) is 0.806. The summed E-state index contributed by atoms with van der Waals surface area (Å²) in [5.74, 6) is 1.50. The Morgan fingerprint density at radius 3 is 2.56 bits per heavy atom. The summed E-state index contributed by atoms with van der Waals surface area (Å²) in [6, 6.07) is 3.86. The van der Waals surface area contributed by atoms with Gasteiger partial charge in [-0.3, -0.25) is 0 Å². The van der Waals surface area contributed by atoms with E-state index in [1.165, 1.54) is 12.0 Å². The number of fused-ring (bicyclic) bond motifs is 1. The molecule has 0 N–H and O–H groups in total. The largest absolute Gasteiger partial charge is 0.486 e. The van der Waals surface area contributed by atoms with Crippen LogP contribution in [0.4, 0.5) is 4.79 Å². The van der Waals surface area contributed by atoms with Gasteiger partial charge in [0.2, 0.25) is 0 Å². The first-order chi connectivity index (χ1) is 8.61. The van der Waals surface area contributed by atoms with Crippen LogP contribution in [0.25, 0.3) is 0 Å². The van der Waals surface area contributed by atoms with E-state index in [0.717, 1.165) is 22.6 Å². The molecule has 1 aromatic carbocycles. The second-order valence-electron chi connectivity index (χ2n) is 4.25. The lowest BCUT2D eigenvalue weighted by molar-refractivity contribution is 0.131. The van der Waals surface area contributed by atoms with Gasteiger partial charge in [-0.25, -0.2) is 4.79 Å². The summed E-state index contributed by atoms with van der Waals surface area (Å²) >= 11 is 0. The van der Waals surface area contributed by atoms with Crippen LogP contribution in [-0.2, 0) is 11.3 Å². The Balaban J connectivity index is 2.20. The van der Waals surface area contributed by atoms with Crippen LogP contribution < -0.4 is 9.47 Å². The zero-order chi connectivity index (χ0) is 13.1. The molecule has 0 radical (unpaired) electrons. The van der Waals surface area contributed by atoms with Gasteiger partial charge >= 0.3 is 6.09 Å². The van der Waals surface area contributed by atoms with Crippen LogP contribution in [0, 0.1) is 6.92 Å². The number of aryl methyl sites for hydroxylation is 1. The maximum absolute atomic E-state index is 11.4. The van der Waals surface area contributed by atoms with Gasteiger partial charge in [0.15, 0.2) is 11.5 Å². The second-order valence-corrected chi connectivity index (χ2v) is 4.25. The molecule has 1 aliphatic rings. The molecule has 1 heterocycles. The Labute approximate surface area is 106 Å². The minimum Gasteiger partial charge on any atom is -0.486 e. The van der Waals surface area contributed by atoms with Crippen LogP contribution in [0.1, 0.15) is 11.1 Å². The fourth-order valence-corrected chi connectivity index (χ4v) is 1.88. The highest BCUT2D eigenvalue weighted by Crippen LogP contribution is 2.33. The minimum atomic E-state index is -0.357. The molecule has 2 rings (SSSR count). The number of ether oxygens (including phenoxy) is 3. The van der Waals surface area contributed by atoms with Gasteiger partial charge in [-0.2, -0.15) is 0 Å². The molecule has 1 aliphatic heterocycles. The molecule has 18 heavy (non-hydrogen) atoms. The van der Waals surface area contributed by atoms with Crippen LogP contribution in [0.3, 0.4) is 0 Å². The molecule has 98 valence electrons. The van der Waals surface area contributed by atoms with Crippen LogP contribution in [0.5, 0.6) is 11.5 Å². The standard InChI is InChI=1S/C13H17NO4/c1-9-6-11-12(18-5-4-17-11)7-10(9)8-14(2)13(15)16-3/h6-7H,4-5,8H2,1-3H3. The van der Waals surface area contributed by atoms with E-state index in [2.05, 4.69) is 4.74 Å². The molecular weight excluding hydrogens is 234 g/mol. The van der Waals surface area contributed by atoms with Crippen molar-refractivity contribution in [3.05, 3.63) is 23.3 Å². The molecule has 0 bridgehead atoms. The highest BCUT2D eigenvalue weighted by molar-refractivity contribution is 5.67. The Hall–Kier alpha value is -1.91. The minimum absolute atomic E-state index is 0.357. The van der Waals surface area contributed by atoms with Crippen molar-refractivity contribution in [3.63, 3.8) is 0 Å². The van der Waals surface area contributed by atoms with Crippen molar-refractivity contribution in [2.75, 3.05) is 27.4 Å². The molecule has 0 fully saturated rings. The van der Waals surface area contributed by atoms with Gasteiger partial charge in [-0.1, -0.05) is 0 Å². The Morgan fingerprint density at radius 2 is 1.94 bits per heavy atom. The molecule has 0 saturated carbocycles. The third-order valence-electron chi connectivity index (χ3n) is 2.89. The third kappa shape index (κ3) is 2.50. The first-order valence-corrected chi connectivity index (χ1v) is 5.80. The molecule has 1 amide bonds. The number of carbonyl (C=O) groups excluding carboxylic acids is 1. The monoisotopic (exact) mass is 251 g/mol. The van der Waals surface area contributed by atoms with Gasteiger partial charge in [-0.05, 0) is 30.2 Å². The molecule has 0 unspecified atom stereocenters. The molecule has 0 atom stereocenters. The van der Waals surface area contributed by atoms with E-state index in [4.69, 9.17) is 9.47 Å². The van der Waals surface area contributed by atoms with Gasteiger partial charge in [0.05, 0.1) is 7.11 Å². The summed E-state index contributed by atoms with van der Waals surface area (Å²) in [5.41, 5.74) is 2.09. The third-order valence-corrected chi connectivity index (χ3v) is 2.89. The predicted octanol–water partition coefficient (Wildman–Crippen LogP) is 1.96. The summed E-state index contributed by atoms with van der Waals surface area (Å²) in [6.45, 7) is 3.60. The highest BCUT2D eigenvalue weighted by atomic mass is 16.6. The van der Waals surface area contributed by atoms with Crippen molar-refractivity contribution in [1.82, 2.24) is 4.90 Å². The van der Waals surface area contributed by atoms with Crippen LogP contribution >= 0.6 is 0 Å². The average Bonchev–Trinajstić information content (AvgIpc) is 2.38. The maximum atomic E-state index is 11.4. The number of rotatable bonds is 2. The summed E-state index contributed by atoms with van der Waals surface area (Å²) in [6.07, 6.45) is -0.357. The van der Waals surface area contributed by atoms with E-state index in [0.29, 0.717) is 19.8 Å². The zero-order valence-corrected chi connectivity index (χ0v) is 10.9. The number of benzene rings is 1. The van der Waals surface area contributed by atoms with Crippen LogP contribution in [0.2, 0.25) is 0 Å². The number of nitrogens with zero attached hydrogens (tertiary/aromatic N) is 1. The van der Waals surface area contributed by atoms with Crippen molar-refractivity contribution in [3.8, 4) is 11.5 Å². The summed E-state index contributed by atoms with van der Waals surface area (Å²) in [7, 11) is 3.07. The average molecular weight is 251 g/mol. The van der Waals surface area contributed by atoms with Crippen molar-refractivity contribution in [2.45, 2.75) is 13.5 Å². The zero-order valence-electron chi connectivity index (χ0n) is 10.9. The SMILES string of the molecule is COC(=O)N(C)Cc1cc2c(cc1C)OCCO2.